The van der Waals surface area contributed by atoms with Crippen LogP contribution in [0.2, 0.25) is 0 Å². The van der Waals surface area contributed by atoms with Crippen LogP contribution in [0.25, 0.3) is 0 Å². The van der Waals surface area contributed by atoms with Gasteiger partial charge in [-0.1, -0.05) is 24.3 Å². The maximum Gasteiger partial charge on any atom is 0.271 e. The fourth-order valence-electron chi connectivity index (χ4n) is 3.24. The molecule has 0 heterocycles. The van der Waals surface area contributed by atoms with Gasteiger partial charge < -0.3 is 10.1 Å². The molecule has 0 fully saturated rings. The minimum Gasteiger partial charge on any atom is -0.496 e. The van der Waals surface area contributed by atoms with Crippen LogP contribution in [-0.2, 0) is 14.8 Å². The van der Waals surface area contributed by atoms with Crippen molar-refractivity contribution < 1.29 is 22.9 Å². The summed E-state index contributed by atoms with van der Waals surface area (Å²) in [6.45, 7) is 3.54. The van der Waals surface area contributed by atoms with E-state index in [0.717, 1.165) is 16.1 Å². The molecule has 168 valence electrons. The minimum atomic E-state index is -3.69. The Morgan fingerprint density at radius 1 is 1.26 bits per heavy atom. The molecule has 0 spiro atoms. The summed E-state index contributed by atoms with van der Waals surface area (Å²) in [5.41, 5.74) is 1.46. The van der Waals surface area contributed by atoms with E-state index in [2.05, 4.69) is 5.32 Å². The third-order valence-corrected chi connectivity index (χ3v) is 6.00. The highest BCUT2D eigenvalue weighted by Crippen LogP contribution is 2.28. The lowest BCUT2D eigenvalue weighted by atomic mass is 10.1. The smallest absolute Gasteiger partial charge is 0.271 e. The van der Waals surface area contributed by atoms with Crippen molar-refractivity contribution in [3.63, 3.8) is 0 Å². The molecule has 1 atom stereocenters. The largest absolute Gasteiger partial charge is 0.496 e. The third-order valence-electron chi connectivity index (χ3n) is 4.82. The van der Waals surface area contributed by atoms with Crippen LogP contribution >= 0.6 is 0 Å². The van der Waals surface area contributed by atoms with Crippen LogP contribution < -0.4 is 14.4 Å². The Balaban J connectivity index is 2.06. The number of amides is 1. The van der Waals surface area contributed by atoms with Crippen molar-refractivity contribution in [2.45, 2.75) is 32.7 Å². The maximum absolute atomic E-state index is 12.4. The summed E-state index contributed by atoms with van der Waals surface area (Å²) >= 11 is 0. The fraction of sp³-hybridized carbons (Fsp3) is 0.381. The van der Waals surface area contributed by atoms with Crippen LogP contribution in [0, 0.1) is 17.0 Å². The molecule has 10 heteroatoms. The van der Waals surface area contributed by atoms with Crippen molar-refractivity contribution in [3.05, 3.63) is 63.7 Å². The molecule has 2 aromatic carbocycles. The number of nitro benzene ring substituents is 1. The zero-order valence-corrected chi connectivity index (χ0v) is 18.8. The van der Waals surface area contributed by atoms with Gasteiger partial charge in [-0.2, -0.15) is 0 Å². The van der Waals surface area contributed by atoms with E-state index in [1.165, 1.54) is 18.2 Å². The lowest BCUT2D eigenvalue weighted by Crippen LogP contribution is -2.33. The Hall–Kier alpha value is -3.14. The molecular weight excluding hydrogens is 422 g/mol. The number of carbonyl (C=O) groups is 1. The number of methoxy groups -OCH3 is 1. The fourth-order valence-corrected chi connectivity index (χ4v) is 4.26. The quantitative estimate of drug-likeness (QED) is 0.439. The van der Waals surface area contributed by atoms with Gasteiger partial charge in [0.2, 0.25) is 15.9 Å². The van der Waals surface area contributed by atoms with Crippen molar-refractivity contribution in [1.29, 1.82) is 0 Å². The SMILES string of the molecule is COc1ccccc1[C@@H](C)NC(=O)CCCN(c1cc([N+](=O)[O-])ccc1C)S(C)(=O)=O. The molecule has 0 aromatic heterocycles. The molecule has 0 saturated heterocycles. The number of benzene rings is 2. The van der Waals surface area contributed by atoms with Crippen molar-refractivity contribution in [3.8, 4) is 5.75 Å². The zero-order valence-electron chi connectivity index (χ0n) is 18.0. The highest BCUT2D eigenvalue weighted by molar-refractivity contribution is 7.92. The summed E-state index contributed by atoms with van der Waals surface area (Å²) in [4.78, 5) is 22.9. The number of hydrogen-bond acceptors (Lipinski definition) is 6. The first-order valence-electron chi connectivity index (χ1n) is 9.69. The van der Waals surface area contributed by atoms with Crippen LogP contribution in [0.15, 0.2) is 42.5 Å². The molecule has 1 N–H and O–H groups in total. The lowest BCUT2D eigenvalue weighted by molar-refractivity contribution is -0.384. The Morgan fingerprint density at radius 3 is 2.55 bits per heavy atom. The van der Waals surface area contributed by atoms with E-state index in [9.17, 15) is 23.3 Å². The molecule has 1 amide bonds. The summed E-state index contributed by atoms with van der Waals surface area (Å²) in [6.07, 6.45) is 1.38. The van der Waals surface area contributed by atoms with E-state index in [4.69, 9.17) is 4.74 Å². The van der Waals surface area contributed by atoms with Gasteiger partial charge in [-0.15, -0.1) is 0 Å². The molecule has 0 saturated carbocycles. The van der Waals surface area contributed by atoms with E-state index >= 15 is 0 Å². The average molecular weight is 450 g/mol. The van der Waals surface area contributed by atoms with Gasteiger partial charge in [0.15, 0.2) is 0 Å². The predicted molar refractivity (Wildman–Crippen MR) is 119 cm³/mol. The number of para-hydroxylation sites is 1. The van der Waals surface area contributed by atoms with Gasteiger partial charge in [-0.05, 0) is 31.9 Å². The Labute approximate surface area is 182 Å². The Bertz CT molecular complexity index is 1050. The summed E-state index contributed by atoms with van der Waals surface area (Å²) in [7, 11) is -2.13. The van der Waals surface area contributed by atoms with Crippen LogP contribution in [0.1, 0.15) is 36.9 Å². The number of non-ortho nitro benzene ring substituents is 1. The topological polar surface area (TPSA) is 119 Å². The van der Waals surface area contributed by atoms with Crippen molar-refractivity contribution in [1.82, 2.24) is 5.32 Å². The molecule has 0 unspecified atom stereocenters. The second kappa shape index (κ2) is 10.3. The molecule has 0 bridgehead atoms. The highest BCUT2D eigenvalue weighted by atomic mass is 32.2. The number of anilines is 1. The molecule has 2 aromatic rings. The average Bonchev–Trinajstić information content (AvgIpc) is 2.70. The first-order valence-corrected chi connectivity index (χ1v) is 11.5. The molecule has 0 aliphatic heterocycles. The number of carbonyl (C=O) groups excluding carboxylic acids is 1. The molecular formula is C21H27N3O6S. The number of ether oxygens (including phenoxy) is 1. The second-order valence-corrected chi connectivity index (χ2v) is 9.10. The summed E-state index contributed by atoms with van der Waals surface area (Å²) in [6, 6.07) is 11.1. The van der Waals surface area contributed by atoms with Gasteiger partial charge in [0.1, 0.15) is 5.75 Å². The number of nitrogens with one attached hydrogen (secondary N) is 1. The highest BCUT2D eigenvalue weighted by Gasteiger charge is 2.22. The molecule has 0 radical (unpaired) electrons. The van der Waals surface area contributed by atoms with Gasteiger partial charge in [0.25, 0.3) is 5.69 Å². The number of aryl methyl sites for hydroxylation is 1. The number of nitro groups is 1. The van der Waals surface area contributed by atoms with E-state index < -0.39 is 14.9 Å². The third kappa shape index (κ3) is 6.42. The summed E-state index contributed by atoms with van der Waals surface area (Å²) in [5.74, 6) is 0.433. The molecule has 2 rings (SSSR count). The van der Waals surface area contributed by atoms with Crippen LogP contribution in [0.4, 0.5) is 11.4 Å². The van der Waals surface area contributed by atoms with Crippen molar-refractivity contribution >= 4 is 27.3 Å². The van der Waals surface area contributed by atoms with Gasteiger partial charge in [0.05, 0.1) is 30.0 Å². The molecule has 0 aliphatic rings. The molecule has 0 aliphatic carbocycles. The second-order valence-electron chi connectivity index (χ2n) is 7.20. The maximum atomic E-state index is 12.4. The minimum absolute atomic E-state index is 0.0251. The molecule has 9 nitrogen and oxygen atoms in total. The number of sulfonamides is 1. The van der Waals surface area contributed by atoms with Crippen molar-refractivity contribution in [2.75, 3.05) is 24.2 Å². The Morgan fingerprint density at radius 2 is 1.94 bits per heavy atom. The van der Waals surface area contributed by atoms with Crippen LogP contribution in [0.3, 0.4) is 0 Å². The standard InChI is InChI=1S/C21H27N3O6S/c1-15-11-12-17(24(26)27)14-19(15)23(31(4,28)29)13-7-10-21(25)22-16(2)18-8-5-6-9-20(18)30-3/h5-6,8-9,11-12,14,16H,7,10,13H2,1-4H3,(H,22,25)/t16-/m1/s1. The van der Waals surface area contributed by atoms with Gasteiger partial charge >= 0.3 is 0 Å². The molecule has 31 heavy (non-hydrogen) atoms. The Kier molecular flexibility index (Phi) is 7.98. The van der Waals surface area contributed by atoms with Crippen LogP contribution in [-0.4, -0.2) is 39.2 Å². The first kappa shape index (κ1) is 24.1. The van der Waals surface area contributed by atoms with Gasteiger partial charge in [-0.25, -0.2) is 8.42 Å². The van der Waals surface area contributed by atoms with Gasteiger partial charge in [-0.3, -0.25) is 19.2 Å². The van der Waals surface area contributed by atoms with E-state index in [0.29, 0.717) is 11.3 Å². The monoisotopic (exact) mass is 449 g/mol. The van der Waals surface area contributed by atoms with E-state index in [1.807, 2.05) is 31.2 Å². The first-order chi connectivity index (χ1) is 14.5. The number of rotatable bonds is 10. The summed E-state index contributed by atoms with van der Waals surface area (Å²) in [5, 5.41) is 14.0. The van der Waals surface area contributed by atoms with Crippen LogP contribution in [0.5, 0.6) is 5.75 Å². The predicted octanol–water partition coefficient (Wildman–Crippen LogP) is 3.34. The van der Waals surface area contributed by atoms with Gasteiger partial charge in [0, 0.05) is 30.7 Å². The van der Waals surface area contributed by atoms with E-state index in [-0.39, 0.29) is 42.7 Å². The zero-order chi connectivity index (χ0) is 23.2. The normalized spacial score (nSPS) is 12.1. The summed E-state index contributed by atoms with van der Waals surface area (Å²) < 4.78 is 31.0. The number of hydrogen-bond donors (Lipinski definition) is 1. The van der Waals surface area contributed by atoms with E-state index in [1.54, 1.807) is 14.0 Å². The van der Waals surface area contributed by atoms with Crippen molar-refractivity contribution in [2.24, 2.45) is 0 Å². The number of nitrogens with zero attached hydrogens (tertiary/aromatic N) is 2. The lowest BCUT2D eigenvalue weighted by Gasteiger charge is -2.24.